The number of rotatable bonds is 6. The van der Waals surface area contributed by atoms with E-state index in [2.05, 4.69) is 15.5 Å². The van der Waals surface area contributed by atoms with E-state index in [1.807, 2.05) is 31.2 Å². The Hall–Kier alpha value is -2.35. The molecule has 0 saturated carbocycles. The zero-order chi connectivity index (χ0) is 16.8. The molecule has 23 heavy (non-hydrogen) atoms. The molecule has 1 atom stereocenters. The minimum absolute atomic E-state index is 0.239. The van der Waals surface area contributed by atoms with Crippen molar-refractivity contribution in [2.24, 2.45) is 10.2 Å². The summed E-state index contributed by atoms with van der Waals surface area (Å²) in [4.78, 5) is 22.3. The fourth-order valence-corrected chi connectivity index (χ4v) is 2.79. The average molecular weight is 335 g/mol. The first-order chi connectivity index (χ1) is 11.0. The highest BCUT2D eigenvalue weighted by Gasteiger charge is 2.32. The lowest BCUT2D eigenvalue weighted by Crippen LogP contribution is -2.26. The van der Waals surface area contributed by atoms with Crippen LogP contribution in [0.2, 0.25) is 0 Å². The van der Waals surface area contributed by atoms with E-state index in [-0.39, 0.29) is 12.3 Å². The van der Waals surface area contributed by atoms with Crippen molar-refractivity contribution in [3.8, 4) is 5.75 Å². The number of carboxylic acid groups (broad SMARTS) is 1. The van der Waals surface area contributed by atoms with Crippen molar-refractivity contribution < 1.29 is 19.4 Å². The second kappa shape index (κ2) is 7.77. The van der Waals surface area contributed by atoms with Gasteiger partial charge in [0.1, 0.15) is 11.0 Å². The molecule has 7 nitrogen and oxygen atoms in total. The monoisotopic (exact) mass is 335 g/mol. The number of amidine groups is 1. The molecular formula is C15H17N3O4S. The van der Waals surface area contributed by atoms with Crippen LogP contribution in [0.1, 0.15) is 25.8 Å². The van der Waals surface area contributed by atoms with Crippen molar-refractivity contribution in [3.05, 3.63) is 29.8 Å². The lowest BCUT2D eigenvalue weighted by molar-refractivity contribution is -0.138. The van der Waals surface area contributed by atoms with Gasteiger partial charge in [0.25, 0.3) is 0 Å². The molecule has 1 aromatic rings. The van der Waals surface area contributed by atoms with Crippen molar-refractivity contribution >= 4 is 34.5 Å². The molecule has 8 heteroatoms. The molecule has 1 aliphatic rings. The van der Waals surface area contributed by atoms with Crippen LogP contribution in [-0.4, -0.2) is 39.7 Å². The van der Waals surface area contributed by atoms with Crippen LogP contribution in [-0.2, 0) is 9.59 Å². The highest BCUT2D eigenvalue weighted by Crippen LogP contribution is 2.22. The number of benzene rings is 1. The van der Waals surface area contributed by atoms with E-state index in [1.165, 1.54) is 0 Å². The van der Waals surface area contributed by atoms with Gasteiger partial charge in [0.15, 0.2) is 5.17 Å². The molecule has 122 valence electrons. The number of carbonyl (C=O) groups is 2. The van der Waals surface area contributed by atoms with Gasteiger partial charge < -0.3 is 15.2 Å². The van der Waals surface area contributed by atoms with Crippen molar-refractivity contribution in [1.82, 2.24) is 5.32 Å². The van der Waals surface area contributed by atoms with Gasteiger partial charge in [-0.3, -0.25) is 9.59 Å². The van der Waals surface area contributed by atoms with Crippen LogP contribution in [0, 0.1) is 0 Å². The van der Waals surface area contributed by atoms with E-state index in [4.69, 9.17) is 9.84 Å². The predicted molar refractivity (Wildman–Crippen MR) is 89.0 cm³/mol. The largest absolute Gasteiger partial charge is 0.494 e. The predicted octanol–water partition coefficient (Wildman–Crippen LogP) is 1.87. The van der Waals surface area contributed by atoms with Crippen LogP contribution in [0.4, 0.5) is 0 Å². The Morgan fingerprint density at radius 1 is 1.39 bits per heavy atom. The lowest BCUT2D eigenvalue weighted by Gasteiger charge is -2.04. The topological polar surface area (TPSA) is 100 Å². The summed E-state index contributed by atoms with van der Waals surface area (Å²) >= 11 is 1.07. The summed E-state index contributed by atoms with van der Waals surface area (Å²) in [5.41, 5.74) is 1.56. The quantitative estimate of drug-likeness (QED) is 0.610. The Bertz CT molecular complexity index is 655. The van der Waals surface area contributed by atoms with Crippen molar-refractivity contribution in [1.29, 1.82) is 0 Å². The first kappa shape index (κ1) is 17.0. The molecule has 1 aliphatic heterocycles. The summed E-state index contributed by atoms with van der Waals surface area (Å²) in [6.07, 6.45) is -0.239. The summed E-state index contributed by atoms with van der Waals surface area (Å²) in [5, 5.41) is 19.0. The first-order valence-electron chi connectivity index (χ1n) is 7.04. The number of aliphatic carboxylic acids is 1. The maximum Gasteiger partial charge on any atom is 0.305 e. The van der Waals surface area contributed by atoms with Crippen molar-refractivity contribution in [3.63, 3.8) is 0 Å². The number of carboxylic acids is 1. The van der Waals surface area contributed by atoms with Gasteiger partial charge in [-0.1, -0.05) is 11.8 Å². The highest BCUT2D eigenvalue weighted by molar-refractivity contribution is 8.15. The molecule has 1 fully saturated rings. The smallest absolute Gasteiger partial charge is 0.305 e. The van der Waals surface area contributed by atoms with E-state index in [9.17, 15) is 9.59 Å². The summed E-state index contributed by atoms with van der Waals surface area (Å²) in [5.74, 6) is -0.594. The molecule has 2 N–H and O–H groups in total. The number of ether oxygens (including phenoxy) is 1. The van der Waals surface area contributed by atoms with E-state index in [1.54, 1.807) is 6.92 Å². The minimum atomic E-state index is -1.02. The maximum atomic E-state index is 11.6. The number of amides is 1. The summed E-state index contributed by atoms with van der Waals surface area (Å²) in [7, 11) is 0. The standard InChI is InChI=1S/C15H17N3O4S/c1-3-22-11-6-4-10(5-7-11)9(2)17-18-15-16-14(21)12(23-15)8-13(19)20/h4-7,12H,3,8H2,1-2H3,(H,19,20)(H,16,18,21)/b17-9+/t12-/m0/s1. The van der Waals surface area contributed by atoms with Crippen LogP contribution in [0.5, 0.6) is 5.75 Å². The molecular weight excluding hydrogens is 318 g/mol. The molecule has 0 bridgehead atoms. The van der Waals surface area contributed by atoms with Crippen LogP contribution in [0.15, 0.2) is 34.5 Å². The number of nitrogens with one attached hydrogen (secondary N) is 1. The highest BCUT2D eigenvalue weighted by atomic mass is 32.2. The van der Waals surface area contributed by atoms with Gasteiger partial charge in [0.05, 0.1) is 18.7 Å². The zero-order valence-electron chi connectivity index (χ0n) is 12.8. The Morgan fingerprint density at radius 3 is 2.70 bits per heavy atom. The SMILES string of the molecule is CCOc1ccc(/C(C)=N/N=C2/NC(=O)[C@H](CC(=O)O)S2)cc1. The molecule has 1 aromatic carbocycles. The molecule has 2 rings (SSSR count). The number of thioether (sulfide) groups is 1. The zero-order valence-corrected chi connectivity index (χ0v) is 13.6. The fourth-order valence-electron chi connectivity index (χ4n) is 1.88. The lowest BCUT2D eigenvalue weighted by atomic mass is 10.1. The molecule has 1 amide bonds. The summed E-state index contributed by atoms with van der Waals surface area (Å²) in [6, 6.07) is 7.44. The maximum absolute atomic E-state index is 11.6. The van der Waals surface area contributed by atoms with Crippen LogP contribution in [0.3, 0.4) is 0 Å². The summed E-state index contributed by atoms with van der Waals surface area (Å²) in [6.45, 7) is 4.33. The number of nitrogens with zero attached hydrogens (tertiary/aromatic N) is 2. The Labute approximate surface area is 137 Å². The molecule has 0 spiro atoms. The second-order valence-corrected chi connectivity index (χ2v) is 5.93. The molecule has 0 unspecified atom stereocenters. The van der Waals surface area contributed by atoms with Crippen LogP contribution < -0.4 is 10.1 Å². The van der Waals surface area contributed by atoms with E-state index in [0.29, 0.717) is 17.5 Å². The Kier molecular flexibility index (Phi) is 5.75. The minimum Gasteiger partial charge on any atom is -0.494 e. The van der Waals surface area contributed by atoms with E-state index >= 15 is 0 Å². The van der Waals surface area contributed by atoms with Crippen LogP contribution in [0.25, 0.3) is 0 Å². The molecule has 1 saturated heterocycles. The first-order valence-corrected chi connectivity index (χ1v) is 7.92. The van der Waals surface area contributed by atoms with Crippen LogP contribution >= 0.6 is 11.8 Å². The molecule has 0 aromatic heterocycles. The second-order valence-electron chi connectivity index (χ2n) is 4.74. The number of carbonyl (C=O) groups excluding carboxylic acids is 1. The molecule has 1 heterocycles. The summed E-state index contributed by atoms with van der Waals surface area (Å²) < 4.78 is 5.37. The third-order valence-corrected chi connectivity index (χ3v) is 4.08. The van der Waals surface area contributed by atoms with Gasteiger partial charge in [-0.2, -0.15) is 5.10 Å². The van der Waals surface area contributed by atoms with Gasteiger partial charge in [-0.15, -0.1) is 5.10 Å². The van der Waals surface area contributed by atoms with Gasteiger partial charge in [0, 0.05) is 0 Å². The van der Waals surface area contributed by atoms with E-state index < -0.39 is 11.2 Å². The van der Waals surface area contributed by atoms with Gasteiger partial charge >= 0.3 is 5.97 Å². The Morgan fingerprint density at radius 2 is 2.09 bits per heavy atom. The Balaban J connectivity index is 2.03. The van der Waals surface area contributed by atoms with Crippen molar-refractivity contribution in [2.75, 3.05) is 6.61 Å². The third kappa shape index (κ3) is 4.82. The fraction of sp³-hybridized carbons (Fsp3) is 0.333. The molecule has 0 aliphatic carbocycles. The number of hydrogen-bond donors (Lipinski definition) is 2. The van der Waals surface area contributed by atoms with Gasteiger partial charge in [0.2, 0.25) is 5.91 Å². The molecule has 0 radical (unpaired) electrons. The number of hydrogen-bond acceptors (Lipinski definition) is 6. The van der Waals surface area contributed by atoms with Crippen molar-refractivity contribution in [2.45, 2.75) is 25.5 Å². The van der Waals surface area contributed by atoms with E-state index in [0.717, 1.165) is 23.1 Å². The normalized spacial score (nSPS) is 19.7. The van der Waals surface area contributed by atoms with Gasteiger partial charge in [-0.05, 0) is 43.7 Å². The van der Waals surface area contributed by atoms with Gasteiger partial charge in [-0.25, -0.2) is 0 Å². The average Bonchev–Trinajstić information content (AvgIpc) is 2.85. The third-order valence-electron chi connectivity index (χ3n) is 3.01.